The van der Waals surface area contributed by atoms with Gasteiger partial charge in [-0.25, -0.2) is 12.8 Å². The van der Waals surface area contributed by atoms with Crippen LogP contribution in [0.5, 0.6) is 5.75 Å². The molecule has 0 spiro atoms. The number of carbonyl (C=O) groups excluding carboxylic acids is 1. The molecule has 2 unspecified atom stereocenters. The highest BCUT2D eigenvalue weighted by Gasteiger charge is 2.45. The van der Waals surface area contributed by atoms with Crippen LogP contribution < -0.4 is 4.74 Å². The van der Waals surface area contributed by atoms with Crippen molar-refractivity contribution in [2.24, 2.45) is 0 Å². The number of carbonyl (C=O) groups is 1. The molecule has 0 aromatic heterocycles. The number of benzene rings is 1. The summed E-state index contributed by atoms with van der Waals surface area (Å²) in [5.74, 6) is -0.947. The van der Waals surface area contributed by atoms with Gasteiger partial charge in [-0.3, -0.25) is 4.79 Å². The van der Waals surface area contributed by atoms with E-state index >= 15 is 0 Å². The zero-order chi connectivity index (χ0) is 16.8. The Labute approximate surface area is 134 Å². The van der Waals surface area contributed by atoms with Crippen LogP contribution in [-0.2, 0) is 14.8 Å². The number of sulfonamides is 1. The lowest BCUT2D eigenvalue weighted by Crippen LogP contribution is -2.59. The van der Waals surface area contributed by atoms with Gasteiger partial charge in [-0.2, -0.15) is 4.31 Å². The van der Waals surface area contributed by atoms with Gasteiger partial charge in [-0.1, -0.05) is 0 Å². The van der Waals surface area contributed by atoms with Gasteiger partial charge >= 0.3 is 0 Å². The second-order valence-electron chi connectivity index (χ2n) is 5.87. The Morgan fingerprint density at radius 2 is 2.09 bits per heavy atom. The summed E-state index contributed by atoms with van der Waals surface area (Å²) in [6.07, 6.45) is 1.68. The SMILES string of the molecule is COc1ccc(S(=O)(=O)N2CC3CCCN3C(=O)C2C)cc1F. The number of hydrogen-bond acceptors (Lipinski definition) is 4. The van der Waals surface area contributed by atoms with Crippen LogP contribution in [0.15, 0.2) is 23.1 Å². The largest absolute Gasteiger partial charge is 0.494 e. The van der Waals surface area contributed by atoms with Crippen molar-refractivity contribution in [2.45, 2.75) is 36.7 Å². The molecule has 3 rings (SSSR count). The van der Waals surface area contributed by atoms with Crippen molar-refractivity contribution in [1.82, 2.24) is 9.21 Å². The summed E-state index contributed by atoms with van der Waals surface area (Å²) in [7, 11) is -2.63. The first-order valence-corrected chi connectivity index (χ1v) is 8.96. The van der Waals surface area contributed by atoms with Crippen LogP contribution >= 0.6 is 0 Å². The quantitative estimate of drug-likeness (QED) is 0.828. The van der Waals surface area contributed by atoms with E-state index in [-0.39, 0.29) is 29.1 Å². The molecule has 0 N–H and O–H groups in total. The van der Waals surface area contributed by atoms with Gasteiger partial charge < -0.3 is 9.64 Å². The fraction of sp³-hybridized carbons (Fsp3) is 0.533. The summed E-state index contributed by atoms with van der Waals surface area (Å²) in [6, 6.07) is 2.65. The number of methoxy groups -OCH3 is 1. The van der Waals surface area contributed by atoms with Gasteiger partial charge in [0.25, 0.3) is 0 Å². The third kappa shape index (κ3) is 2.59. The number of piperazine rings is 1. The minimum atomic E-state index is -3.94. The van der Waals surface area contributed by atoms with Crippen LogP contribution in [0.1, 0.15) is 19.8 Å². The van der Waals surface area contributed by atoms with Crippen LogP contribution in [0.3, 0.4) is 0 Å². The average molecular weight is 342 g/mol. The highest BCUT2D eigenvalue weighted by molar-refractivity contribution is 7.89. The Morgan fingerprint density at radius 1 is 1.35 bits per heavy atom. The molecule has 2 heterocycles. The third-order valence-electron chi connectivity index (χ3n) is 4.57. The Balaban J connectivity index is 1.95. The van der Waals surface area contributed by atoms with Crippen LogP contribution in [-0.4, -0.2) is 55.8 Å². The second-order valence-corrected chi connectivity index (χ2v) is 7.77. The number of nitrogens with zero attached hydrogens (tertiary/aromatic N) is 2. The molecule has 23 heavy (non-hydrogen) atoms. The number of ether oxygens (including phenoxy) is 1. The standard InChI is InChI=1S/C15H19FN2O4S/c1-10-15(19)17-7-3-4-11(17)9-18(10)23(20,21)12-5-6-14(22-2)13(16)8-12/h5-6,8,10-11H,3-4,7,9H2,1-2H3. The molecule has 0 radical (unpaired) electrons. The summed E-state index contributed by atoms with van der Waals surface area (Å²) >= 11 is 0. The van der Waals surface area contributed by atoms with Crippen molar-refractivity contribution in [3.05, 3.63) is 24.0 Å². The minimum absolute atomic E-state index is 0.0197. The van der Waals surface area contributed by atoms with E-state index in [1.165, 1.54) is 23.5 Å². The normalized spacial score (nSPS) is 25.5. The van der Waals surface area contributed by atoms with Crippen LogP contribution in [0.4, 0.5) is 4.39 Å². The molecule has 6 nitrogen and oxygen atoms in total. The number of hydrogen-bond donors (Lipinski definition) is 0. The van der Waals surface area contributed by atoms with Gasteiger partial charge in [0.1, 0.15) is 6.04 Å². The molecule has 1 aromatic carbocycles. The topological polar surface area (TPSA) is 66.9 Å². The lowest BCUT2D eigenvalue weighted by atomic mass is 10.1. The fourth-order valence-corrected chi connectivity index (χ4v) is 4.93. The van der Waals surface area contributed by atoms with Crippen molar-refractivity contribution in [3.63, 3.8) is 0 Å². The van der Waals surface area contributed by atoms with Gasteiger partial charge in [0.05, 0.1) is 12.0 Å². The first kappa shape index (κ1) is 16.2. The zero-order valence-corrected chi connectivity index (χ0v) is 13.8. The number of amides is 1. The number of fused-ring (bicyclic) bond motifs is 1. The van der Waals surface area contributed by atoms with E-state index in [9.17, 15) is 17.6 Å². The molecule has 2 fully saturated rings. The molecular weight excluding hydrogens is 323 g/mol. The van der Waals surface area contributed by atoms with E-state index < -0.39 is 21.9 Å². The molecule has 2 atom stereocenters. The Bertz CT molecular complexity index is 737. The van der Waals surface area contributed by atoms with E-state index in [0.29, 0.717) is 6.54 Å². The molecule has 8 heteroatoms. The first-order valence-electron chi connectivity index (χ1n) is 7.52. The summed E-state index contributed by atoms with van der Waals surface area (Å²) in [5, 5.41) is 0. The maximum absolute atomic E-state index is 13.9. The van der Waals surface area contributed by atoms with Crippen molar-refractivity contribution >= 4 is 15.9 Å². The van der Waals surface area contributed by atoms with Gasteiger partial charge in [0.15, 0.2) is 11.6 Å². The predicted molar refractivity (Wildman–Crippen MR) is 81.0 cm³/mol. The molecule has 0 bridgehead atoms. The summed E-state index contributed by atoms with van der Waals surface area (Å²) in [4.78, 5) is 14.0. The van der Waals surface area contributed by atoms with Crippen LogP contribution in [0, 0.1) is 5.82 Å². The maximum atomic E-state index is 13.9. The Hall–Kier alpha value is -1.67. The Kier molecular flexibility index (Phi) is 4.05. The first-order chi connectivity index (χ1) is 10.9. The summed E-state index contributed by atoms with van der Waals surface area (Å²) < 4.78 is 45.5. The van der Waals surface area contributed by atoms with Crippen LogP contribution in [0.2, 0.25) is 0 Å². The maximum Gasteiger partial charge on any atom is 0.243 e. The zero-order valence-electron chi connectivity index (χ0n) is 13.0. The molecule has 2 aliphatic heterocycles. The van der Waals surface area contributed by atoms with Crippen molar-refractivity contribution < 1.29 is 22.3 Å². The van der Waals surface area contributed by atoms with Crippen LogP contribution in [0.25, 0.3) is 0 Å². The molecule has 2 aliphatic rings. The second kappa shape index (κ2) is 5.76. The Morgan fingerprint density at radius 3 is 2.74 bits per heavy atom. The highest BCUT2D eigenvalue weighted by Crippen LogP contribution is 2.31. The van der Waals surface area contributed by atoms with E-state index in [0.717, 1.165) is 18.9 Å². The molecule has 0 saturated carbocycles. The monoisotopic (exact) mass is 342 g/mol. The predicted octanol–water partition coefficient (Wildman–Crippen LogP) is 1.22. The molecule has 1 aromatic rings. The van der Waals surface area contributed by atoms with E-state index in [2.05, 4.69) is 0 Å². The van der Waals surface area contributed by atoms with Gasteiger partial charge in [-0.15, -0.1) is 0 Å². The van der Waals surface area contributed by atoms with E-state index in [4.69, 9.17) is 4.74 Å². The summed E-state index contributed by atoms with van der Waals surface area (Å²) in [5.41, 5.74) is 0. The molecule has 1 amide bonds. The molecular formula is C15H19FN2O4S. The van der Waals surface area contributed by atoms with Crippen molar-refractivity contribution in [2.75, 3.05) is 20.2 Å². The van der Waals surface area contributed by atoms with Gasteiger partial charge in [0, 0.05) is 19.1 Å². The van der Waals surface area contributed by atoms with E-state index in [1.54, 1.807) is 11.8 Å². The minimum Gasteiger partial charge on any atom is -0.494 e. The van der Waals surface area contributed by atoms with Gasteiger partial charge in [-0.05, 0) is 38.0 Å². The number of rotatable bonds is 3. The van der Waals surface area contributed by atoms with Crippen molar-refractivity contribution in [3.8, 4) is 5.75 Å². The lowest BCUT2D eigenvalue weighted by Gasteiger charge is -2.40. The average Bonchev–Trinajstić information content (AvgIpc) is 2.99. The molecule has 126 valence electrons. The molecule has 0 aliphatic carbocycles. The smallest absolute Gasteiger partial charge is 0.243 e. The number of halogens is 1. The lowest BCUT2D eigenvalue weighted by molar-refractivity contribution is -0.139. The third-order valence-corrected chi connectivity index (χ3v) is 6.50. The molecule has 2 saturated heterocycles. The fourth-order valence-electron chi connectivity index (χ4n) is 3.29. The van der Waals surface area contributed by atoms with E-state index in [1.807, 2.05) is 0 Å². The van der Waals surface area contributed by atoms with Crippen molar-refractivity contribution in [1.29, 1.82) is 0 Å². The summed E-state index contributed by atoms with van der Waals surface area (Å²) in [6.45, 7) is 2.51. The highest BCUT2D eigenvalue weighted by atomic mass is 32.2. The van der Waals surface area contributed by atoms with Gasteiger partial charge in [0.2, 0.25) is 15.9 Å².